The van der Waals surface area contributed by atoms with Gasteiger partial charge in [0.25, 0.3) is 5.91 Å². The Morgan fingerprint density at radius 1 is 1.33 bits per heavy atom. The first-order valence-corrected chi connectivity index (χ1v) is 5.63. The van der Waals surface area contributed by atoms with Crippen molar-refractivity contribution >= 4 is 18.3 Å². The minimum Gasteiger partial charge on any atom is -0.484 e. The topological polar surface area (TPSA) is 64.3 Å². The van der Waals surface area contributed by atoms with E-state index in [1.165, 1.54) is 0 Å². The second-order valence-electron chi connectivity index (χ2n) is 4.74. The SMILES string of the molecule is Cc1ccc(OCC(=O)NC(C)(C)CN)cc1.Cl. The van der Waals surface area contributed by atoms with Crippen molar-refractivity contribution in [3.63, 3.8) is 0 Å². The van der Waals surface area contributed by atoms with Crippen molar-refractivity contribution in [3.05, 3.63) is 29.8 Å². The number of hydrogen-bond acceptors (Lipinski definition) is 3. The van der Waals surface area contributed by atoms with Gasteiger partial charge in [-0.15, -0.1) is 12.4 Å². The van der Waals surface area contributed by atoms with Crippen LogP contribution in [0.25, 0.3) is 0 Å². The van der Waals surface area contributed by atoms with Crippen molar-refractivity contribution in [1.82, 2.24) is 5.32 Å². The van der Waals surface area contributed by atoms with E-state index in [1.807, 2.05) is 45.0 Å². The zero-order chi connectivity index (χ0) is 12.9. The van der Waals surface area contributed by atoms with Crippen LogP contribution in [0.4, 0.5) is 0 Å². The van der Waals surface area contributed by atoms with Crippen LogP contribution in [0.5, 0.6) is 5.75 Å². The smallest absolute Gasteiger partial charge is 0.258 e. The summed E-state index contributed by atoms with van der Waals surface area (Å²) in [5, 5.41) is 2.80. The molecule has 1 amide bonds. The van der Waals surface area contributed by atoms with Crippen LogP contribution >= 0.6 is 12.4 Å². The molecule has 0 bridgehead atoms. The number of nitrogens with two attached hydrogens (primary N) is 1. The van der Waals surface area contributed by atoms with E-state index in [-0.39, 0.29) is 24.9 Å². The molecule has 102 valence electrons. The third-order valence-corrected chi connectivity index (χ3v) is 2.38. The molecule has 0 radical (unpaired) electrons. The van der Waals surface area contributed by atoms with Gasteiger partial charge in [-0.25, -0.2) is 0 Å². The van der Waals surface area contributed by atoms with E-state index in [4.69, 9.17) is 10.5 Å². The van der Waals surface area contributed by atoms with Gasteiger partial charge in [-0.1, -0.05) is 17.7 Å². The van der Waals surface area contributed by atoms with Gasteiger partial charge < -0.3 is 15.8 Å². The van der Waals surface area contributed by atoms with E-state index in [2.05, 4.69) is 5.32 Å². The highest BCUT2D eigenvalue weighted by Gasteiger charge is 2.18. The molecule has 0 aromatic heterocycles. The molecule has 4 nitrogen and oxygen atoms in total. The van der Waals surface area contributed by atoms with Crippen LogP contribution < -0.4 is 15.8 Å². The minimum absolute atomic E-state index is 0. The quantitative estimate of drug-likeness (QED) is 0.857. The van der Waals surface area contributed by atoms with Gasteiger partial charge in [0.05, 0.1) is 0 Å². The third-order valence-electron chi connectivity index (χ3n) is 2.38. The lowest BCUT2D eigenvalue weighted by Crippen LogP contribution is -2.50. The summed E-state index contributed by atoms with van der Waals surface area (Å²) in [4.78, 5) is 11.6. The Labute approximate surface area is 114 Å². The Morgan fingerprint density at radius 2 is 1.89 bits per heavy atom. The molecule has 0 heterocycles. The average molecular weight is 273 g/mol. The number of ether oxygens (including phenoxy) is 1. The Kier molecular flexibility index (Phi) is 6.73. The van der Waals surface area contributed by atoms with Gasteiger partial charge in [0.1, 0.15) is 5.75 Å². The van der Waals surface area contributed by atoms with E-state index in [0.29, 0.717) is 12.3 Å². The van der Waals surface area contributed by atoms with E-state index in [9.17, 15) is 4.79 Å². The van der Waals surface area contributed by atoms with Crippen molar-refractivity contribution in [3.8, 4) is 5.75 Å². The molecule has 0 saturated heterocycles. The van der Waals surface area contributed by atoms with Gasteiger partial charge in [-0.2, -0.15) is 0 Å². The fraction of sp³-hybridized carbons (Fsp3) is 0.462. The number of carbonyl (C=O) groups excluding carboxylic acids is 1. The standard InChI is InChI=1S/C13H20N2O2.ClH/c1-10-4-6-11(7-5-10)17-8-12(16)15-13(2,3)9-14;/h4-7H,8-9,14H2,1-3H3,(H,15,16);1H. The Morgan fingerprint density at radius 3 is 2.39 bits per heavy atom. The normalized spacial score (nSPS) is 10.4. The molecule has 1 aromatic rings. The van der Waals surface area contributed by atoms with Crippen molar-refractivity contribution in [1.29, 1.82) is 0 Å². The maximum atomic E-state index is 11.6. The first-order valence-electron chi connectivity index (χ1n) is 5.63. The van der Waals surface area contributed by atoms with Crippen LogP contribution in [0.15, 0.2) is 24.3 Å². The highest BCUT2D eigenvalue weighted by Crippen LogP contribution is 2.11. The fourth-order valence-electron chi connectivity index (χ4n) is 1.25. The van der Waals surface area contributed by atoms with Gasteiger partial charge in [0, 0.05) is 12.1 Å². The Hall–Kier alpha value is -1.26. The fourth-order valence-corrected chi connectivity index (χ4v) is 1.25. The predicted molar refractivity (Wildman–Crippen MR) is 75.2 cm³/mol. The van der Waals surface area contributed by atoms with E-state index in [1.54, 1.807) is 0 Å². The van der Waals surface area contributed by atoms with Gasteiger partial charge in [0.2, 0.25) is 0 Å². The number of benzene rings is 1. The number of aryl methyl sites for hydroxylation is 1. The molecule has 0 spiro atoms. The molecule has 0 unspecified atom stereocenters. The van der Waals surface area contributed by atoms with Gasteiger partial charge >= 0.3 is 0 Å². The Balaban J connectivity index is 0.00000289. The molecule has 0 atom stereocenters. The largest absolute Gasteiger partial charge is 0.484 e. The monoisotopic (exact) mass is 272 g/mol. The summed E-state index contributed by atoms with van der Waals surface area (Å²) in [5.41, 5.74) is 6.29. The van der Waals surface area contributed by atoms with Gasteiger partial charge in [0.15, 0.2) is 6.61 Å². The first-order chi connectivity index (χ1) is 7.93. The number of hydrogen-bond donors (Lipinski definition) is 2. The van der Waals surface area contributed by atoms with Crippen LogP contribution in [0.1, 0.15) is 19.4 Å². The highest BCUT2D eigenvalue weighted by molar-refractivity contribution is 5.85. The van der Waals surface area contributed by atoms with Gasteiger partial charge in [-0.05, 0) is 32.9 Å². The zero-order valence-corrected chi connectivity index (χ0v) is 11.8. The molecule has 3 N–H and O–H groups in total. The summed E-state index contributed by atoms with van der Waals surface area (Å²) in [7, 11) is 0. The molecule has 0 aliphatic heterocycles. The van der Waals surface area contributed by atoms with Crippen LogP contribution in [0.2, 0.25) is 0 Å². The molecule has 0 aliphatic rings. The van der Waals surface area contributed by atoms with E-state index < -0.39 is 5.54 Å². The van der Waals surface area contributed by atoms with Gasteiger partial charge in [-0.3, -0.25) is 4.79 Å². The van der Waals surface area contributed by atoms with Crippen LogP contribution in [0, 0.1) is 6.92 Å². The predicted octanol–water partition coefficient (Wildman–Crippen LogP) is 1.65. The lowest BCUT2D eigenvalue weighted by Gasteiger charge is -2.24. The minimum atomic E-state index is -0.395. The number of amides is 1. The number of carbonyl (C=O) groups is 1. The molecule has 1 aromatic carbocycles. The molecular formula is C13H21ClN2O2. The number of rotatable bonds is 5. The van der Waals surface area contributed by atoms with Crippen molar-refractivity contribution in [2.75, 3.05) is 13.2 Å². The van der Waals surface area contributed by atoms with Crippen LogP contribution in [-0.2, 0) is 4.79 Å². The summed E-state index contributed by atoms with van der Waals surface area (Å²) in [6, 6.07) is 7.57. The maximum absolute atomic E-state index is 11.6. The van der Waals surface area contributed by atoms with Crippen molar-refractivity contribution in [2.24, 2.45) is 5.73 Å². The number of nitrogens with one attached hydrogen (secondary N) is 1. The van der Waals surface area contributed by atoms with Crippen molar-refractivity contribution in [2.45, 2.75) is 26.3 Å². The summed E-state index contributed by atoms with van der Waals surface area (Å²) < 4.78 is 5.36. The van der Waals surface area contributed by atoms with E-state index in [0.717, 1.165) is 5.56 Å². The van der Waals surface area contributed by atoms with Crippen LogP contribution in [0.3, 0.4) is 0 Å². The molecule has 5 heteroatoms. The van der Waals surface area contributed by atoms with Crippen LogP contribution in [-0.4, -0.2) is 24.6 Å². The average Bonchev–Trinajstić information content (AvgIpc) is 2.28. The summed E-state index contributed by atoms with van der Waals surface area (Å²) in [5.74, 6) is 0.525. The molecule has 0 fully saturated rings. The molecule has 1 rings (SSSR count). The highest BCUT2D eigenvalue weighted by atomic mass is 35.5. The lowest BCUT2D eigenvalue weighted by molar-refractivity contribution is -0.124. The van der Waals surface area contributed by atoms with E-state index >= 15 is 0 Å². The summed E-state index contributed by atoms with van der Waals surface area (Å²) >= 11 is 0. The molecule has 18 heavy (non-hydrogen) atoms. The Bertz CT molecular complexity index is 377. The third kappa shape index (κ3) is 5.89. The number of halogens is 1. The maximum Gasteiger partial charge on any atom is 0.258 e. The molecule has 0 aliphatic carbocycles. The second-order valence-corrected chi connectivity index (χ2v) is 4.74. The zero-order valence-electron chi connectivity index (χ0n) is 11.0. The van der Waals surface area contributed by atoms with Crippen molar-refractivity contribution < 1.29 is 9.53 Å². The molecule has 0 saturated carbocycles. The molecular weight excluding hydrogens is 252 g/mol. The summed E-state index contributed by atoms with van der Waals surface area (Å²) in [6.07, 6.45) is 0. The summed E-state index contributed by atoms with van der Waals surface area (Å²) in [6.45, 7) is 6.14. The first kappa shape index (κ1) is 16.7. The lowest BCUT2D eigenvalue weighted by atomic mass is 10.1. The second kappa shape index (κ2) is 7.24.